The minimum absolute atomic E-state index is 0.0366. The highest BCUT2D eigenvalue weighted by molar-refractivity contribution is 5.96. The maximum atomic E-state index is 14.9. The number of likely N-dealkylation sites (tertiary alicyclic amines) is 3. The Morgan fingerprint density at radius 1 is 0.857 bits per heavy atom. The molecule has 2 aromatic carbocycles. The highest BCUT2D eigenvalue weighted by Crippen LogP contribution is 2.55. The number of ether oxygens (including phenoxy) is 1. The SMILES string of the molecule is C[C@@H](OCC1CCC2(CCC2)CC1)[C@H](NC(=O)[C@@H]1CN(C(=O)c2cnn(Cc3ccccc3)c2)CC12CN(C(=O)[C@H]1CC1(C)C)C2)C(=O)N1CCC(c2cccc(C(=O)O)c2)CC1. The number of hydrogen-bond acceptors (Lipinski definition) is 7. The zero-order chi connectivity index (χ0) is 44.1. The average Bonchev–Trinajstić information content (AvgIpc) is 3.54. The van der Waals surface area contributed by atoms with Crippen LogP contribution in [0.4, 0.5) is 0 Å². The summed E-state index contributed by atoms with van der Waals surface area (Å²) in [5, 5.41) is 17.3. The van der Waals surface area contributed by atoms with E-state index in [0.29, 0.717) is 75.6 Å². The van der Waals surface area contributed by atoms with E-state index in [1.807, 2.05) is 53.1 Å². The highest BCUT2D eigenvalue weighted by atomic mass is 16.5. The molecule has 0 radical (unpaired) electrons. The molecule has 3 aliphatic heterocycles. The van der Waals surface area contributed by atoms with Crippen LogP contribution >= 0.6 is 0 Å². The van der Waals surface area contributed by atoms with Crippen LogP contribution in [0, 0.1) is 34.0 Å². The molecule has 1 aromatic heterocycles. The zero-order valence-electron chi connectivity index (χ0n) is 37.2. The number of nitrogens with zero attached hydrogens (tertiary/aromatic N) is 5. The second kappa shape index (κ2) is 17.2. The number of amides is 4. The van der Waals surface area contributed by atoms with Gasteiger partial charge in [-0.2, -0.15) is 5.10 Å². The molecule has 2 spiro atoms. The second-order valence-corrected chi connectivity index (χ2v) is 20.8. The first-order chi connectivity index (χ1) is 30.2. The number of aromatic carboxylic acids is 1. The van der Waals surface area contributed by atoms with Gasteiger partial charge in [0.05, 0.1) is 35.9 Å². The number of aromatic nitrogens is 2. The lowest BCUT2D eigenvalue weighted by Gasteiger charge is -2.50. The van der Waals surface area contributed by atoms with E-state index in [1.54, 1.807) is 40.2 Å². The molecule has 13 heteroatoms. The van der Waals surface area contributed by atoms with Gasteiger partial charge in [-0.15, -0.1) is 0 Å². The van der Waals surface area contributed by atoms with Crippen molar-refractivity contribution in [3.63, 3.8) is 0 Å². The molecule has 4 atom stereocenters. The van der Waals surface area contributed by atoms with E-state index >= 15 is 0 Å². The van der Waals surface area contributed by atoms with Gasteiger partial charge in [0.1, 0.15) is 6.04 Å². The van der Waals surface area contributed by atoms with Crippen molar-refractivity contribution in [3.05, 3.63) is 89.2 Å². The van der Waals surface area contributed by atoms with Gasteiger partial charge in [-0.1, -0.05) is 62.7 Å². The van der Waals surface area contributed by atoms with Crippen molar-refractivity contribution in [3.8, 4) is 0 Å². The topological polar surface area (TPSA) is 154 Å². The van der Waals surface area contributed by atoms with Crippen LogP contribution in [0.1, 0.15) is 123 Å². The minimum atomic E-state index is -0.965. The zero-order valence-corrected chi connectivity index (χ0v) is 37.2. The van der Waals surface area contributed by atoms with Gasteiger partial charge in [0.25, 0.3) is 5.91 Å². The Labute approximate surface area is 370 Å². The predicted molar refractivity (Wildman–Crippen MR) is 236 cm³/mol. The summed E-state index contributed by atoms with van der Waals surface area (Å²) >= 11 is 0. The van der Waals surface area contributed by atoms with Crippen LogP contribution < -0.4 is 5.32 Å². The molecule has 3 aliphatic carbocycles. The lowest BCUT2D eigenvalue weighted by molar-refractivity contribution is -0.153. The van der Waals surface area contributed by atoms with Gasteiger partial charge >= 0.3 is 5.97 Å². The Morgan fingerprint density at radius 3 is 2.21 bits per heavy atom. The molecule has 336 valence electrons. The Balaban J connectivity index is 0.917. The molecule has 3 aromatic rings. The molecule has 63 heavy (non-hydrogen) atoms. The van der Waals surface area contributed by atoms with Crippen molar-refractivity contribution in [2.45, 2.75) is 110 Å². The summed E-state index contributed by atoms with van der Waals surface area (Å²) in [6.07, 6.45) is 13.6. The van der Waals surface area contributed by atoms with Crippen molar-refractivity contribution in [2.75, 3.05) is 45.9 Å². The first-order valence-electron chi connectivity index (χ1n) is 23.4. The molecule has 2 N–H and O–H groups in total. The third kappa shape index (κ3) is 8.91. The number of carboxylic acid groups (broad SMARTS) is 1. The number of carbonyl (C=O) groups is 5. The first kappa shape index (κ1) is 43.2. The van der Waals surface area contributed by atoms with Crippen LogP contribution in [-0.4, -0.2) is 117 Å². The second-order valence-electron chi connectivity index (χ2n) is 20.8. The predicted octanol–water partition coefficient (Wildman–Crippen LogP) is 6.23. The third-order valence-corrected chi connectivity index (χ3v) is 16.1. The lowest BCUT2D eigenvalue weighted by atomic mass is 9.59. The fourth-order valence-corrected chi connectivity index (χ4v) is 11.5. The molecule has 0 bridgehead atoms. The van der Waals surface area contributed by atoms with Crippen LogP contribution in [0.15, 0.2) is 67.0 Å². The van der Waals surface area contributed by atoms with Gasteiger partial charge in [-0.05, 0) is 111 Å². The number of benzene rings is 2. The standard InChI is InChI=1S/C50H64N6O7/c1-33(63-29-35-13-19-49(20-14-35)17-8-18-49)42(46(60)53-21-15-36(16-22-53)37-11-7-12-38(23-37)47(61)62)52-43(57)41-28-54(30-50(41)31-55(32-50)45(59)40-24-48(40,2)3)44(58)39-25-51-56(27-39)26-34-9-5-4-6-10-34/h4-7,9-12,23,25,27,33,35-36,40-42H,8,13-22,24,26,28-32H2,1-3H3,(H,52,57)(H,61,62)/t33-,40-,41+,42+/m1/s1. The molecule has 6 aliphatic rings. The van der Waals surface area contributed by atoms with E-state index in [4.69, 9.17) is 4.74 Å². The van der Waals surface area contributed by atoms with Gasteiger partial charge in [-0.3, -0.25) is 23.9 Å². The number of carboxylic acids is 1. The summed E-state index contributed by atoms with van der Waals surface area (Å²) in [5.74, 6) is -1.74. The molecule has 3 saturated carbocycles. The largest absolute Gasteiger partial charge is 0.478 e. The van der Waals surface area contributed by atoms with Crippen LogP contribution in [0.3, 0.4) is 0 Å². The van der Waals surface area contributed by atoms with Crippen molar-refractivity contribution in [1.29, 1.82) is 0 Å². The van der Waals surface area contributed by atoms with Gasteiger partial charge in [0, 0.05) is 63.4 Å². The van der Waals surface area contributed by atoms with Crippen molar-refractivity contribution >= 4 is 29.6 Å². The van der Waals surface area contributed by atoms with Crippen molar-refractivity contribution < 1.29 is 33.8 Å². The number of carbonyl (C=O) groups excluding carboxylic acids is 4. The molecule has 4 heterocycles. The van der Waals surface area contributed by atoms with E-state index in [9.17, 15) is 29.1 Å². The van der Waals surface area contributed by atoms with E-state index in [2.05, 4.69) is 24.3 Å². The van der Waals surface area contributed by atoms with Gasteiger partial charge in [-0.25, -0.2) is 4.79 Å². The molecular weight excluding hydrogens is 797 g/mol. The summed E-state index contributed by atoms with van der Waals surface area (Å²) in [4.78, 5) is 74.5. The first-order valence-corrected chi connectivity index (χ1v) is 23.4. The summed E-state index contributed by atoms with van der Waals surface area (Å²) in [5.41, 5.74) is 2.54. The number of piperidine rings is 1. The van der Waals surface area contributed by atoms with Crippen LogP contribution in [0.25, 0.3) is 0 Å². The van der Waals surface area contributed by atoms with Crippen LogP contribution in [0.5, 0.6) is 0 Å². The number of rotatable bonds is 13. The summed E-state index contributed by atoms with van der Waals surface area (Å²) in [7, 11) is 0. The van der Waals surface area contributed by atoms with E-state index in [0.717, 1.165) is 30.4 Å². The van der Waals surface area contributed by atoms with E-state index in [-0.39, 0.29) is 53.0 Å². The molecule has 13 nitrogen and oxygen atoms in total. The monoisotopic (exact) mass is 860 g/mol. The molecular formula is C50H64N6O7. The third-order valence-electron chi connectivity index (χ3n) is 16.1. The molecule has 6 fully saturated rings. The minimum Gasteiger partial charge on any atom is -0.478 e. The Morgan fingerprint density at radius 2 is 1.56 bits per heavy atom. The summed E-state index contributed by atoms with van der Waals surface area (Å²) < 4.78 is 8.32. The number of nitrogens with one attached hydrogen (secondary N) is 1. The lowest BCUT2D eigenvalue weighted by Crippen LogP contribution is -2.65. The average molecular weight is 861 g/mol. The molecule has 9 rings (SSSR count). The molecule has 3 saturated heterocycles. The smallest absolute Gasteiger partial charge is 0.335 e. The maximum absolute atomic E-state index is 14.9. The van der Waals surface area contributed by atoms with Gasteiger partial charge in [0.2, 0.25) is 17.7 Å². The Bertz CT molecular complexity index is 2190. The Hall–Kier alpha value is -5.04. The fraction of sp³-hybridized carbons (Fsp3) is 0.600. The van der Waals surface area contributed by atoms with Crippen molar-refractivity contribution in [2.24, 2.45) is 34.0 Å². The van der Waals surface area contributed by atoms with Gasteiger partial charge in [0.15, 0.2) is 0 Å². The van der Waals surface area contributed by atoms with E-state index < -0.39 is 29.4 Å². The van der Waals surface area contributed by atoms with Crippen molar-refractivity contribution in [1.82, 2.24) is 29.8 Å². The van der Waals surface area contributed by atoms with Crippen LogP contribution in [0.2, 0.25) is 0 Å². The summed E-state index contributed by atoms with van der Waals surface area (Å²) in [6, 6.07) is 16.0. The van der Waals surface area contributed by atoms with Gasteiger partial charge < -0.3 is 29.9 Å². The maximum Gasteiger partial charge on any atom is 0.335 e. The van der Waals surface area contributed by atoms with E-state index in [1.165, 1.54) is 32.1 Å². The highest BCUT2D eigenvalue weighted by Gasteiger charge is 2.62. The summed E-state index contributed by atoms with van der Waals surface area (Å²) in [6.45, 7) is 9.30. The normalized spacial score (nSPS) is 24.7. The quantitative estimate of drug-likeness (QED) is 0.205. The number of hydrogen-bond donors (Lipinski definition) is 2. The fourth-order valence-electron chi connectivity index (χ4n) is 11.5. The molecule has 4 amide bonds. The molecule has 0 unspecified atom stereocenters. The Kier molecular flexibility index (Phi) is 11.8. The van der Waals surface area contributed by atoms with Crippen LogP contribution in [-0.2, 0) is 25.7 Å².